The highest BCUT2D eigenvalue weighted by atomic mass is 16.7. The van der Waals surface area contributed by atoms with Gasteiger partial charge in [0.1, 0.15) is 0 Å². The van der Waals surface area contributed by atoms with E-state index in [1.54, 1.807) is 13.0 Å². The van der Waals surface area contributed by atoms with Crippen molar-refractivity contribution in [1.82, 2.24) is 0 Å². The predicted molar refractivity (Wildman–Crippen MR) is 89.0 cm³/mol. The van der Waals surface area contributed by atoms with Crippen LogP contribution in [-0.2, 0) is 14.3 Å². The Morgan fingerprint density at radius 2 is 1.91 bits per heavy atom. The van der Waals surface area contributed by atoms with E-state index in [1.165, 1.54) is 0 Å². The summed E-state index contributed by atoms with van der Waals surface area (Å²) in [5.74, 6) is -0.660. The average Bonchev–Trinajstić information content (AvgIpc) is 2.44. The second-order valence-electron chi connectivity index (χ2n) is 6.73. The lowest BCUT2D eigenvalue weighted by Crippen LogP contribution is -2.44. The summed E-state index contributed by atoms with van der Waals surface area (Å²) in [5.41, 5.74) is 1.21. The normalized spacial score (nSPS) is 32.5. The molecule has 23 heavy (non-hydrogen) atoms. The highest BCUT2D eigenvalue weighted by Gasteiger charge is 2.34. The number of carbonyl (C=O) groups is 1. The number of aliphatic carboxylic acids is 1. The van der Waals surface area contributed by atoms with Crippen molar-refractivity contribution >= 4 is 5.97 Å². The Hall–Kier alpha value is -1.17. The molecule has 0 spiro atoms. The second-order valence-corrected chi connectivity index (χ2v) is 6.73. The van der Waals surface area contributed by atoms with Crippen molar-refractivity contribution < 1.29 is 24.5 Å². The van der Waals surface area contributed by atoms with Gasteiger partial charge in [0.25, 0.3) is 0 Å². The van der Waals surface area contributed by atoms with E-state index in [1.807, 2.05) is 40.7 Å². The van der Waals surface area contributed by atoms with Crippen LogP contribution in [0.5, 0.6) is 0 Å². The molecule has 0 radical (unpaired) electrons. The summed E-state index contributed by atoms with van der Waals surface area (Å²) in [5, 5.41) is 18.7. The molecule has 132 valence electrons. The van der Waals surface area contributed by atoms with E-state index in [-0.39, 0.29) is 30.3 Å². The van der Waals surface area contributed by atoms with E-state index in [9.17, 15) is 9.90 Å². The first-order chi connectivity index (χ1) is 10.6. The van der Waals surface area contributed by atoms with Crippen LogP contribution in [-0.4, -0.2) is 40.8 Å². The standard InChI is InChI=1S/C18H30O5/c1-10(8-12(3)17(20)21)7-11(2)14(5)22-18-13(4)9-16(19)15(6)23-18/h7-8,11,13-16,18-19H,9H2,1-6H3,(H,20,21)/b10-7-,12-8+/t11?,13-,14+,15?,16+,18?/m0/s1. The van der Waals surface area contributed by atoms with Gasteiger partial charge in [0, 0.05) is 17.4 Å². The zero-order valence-electron chi connectivity index (χ0n) is 14.9. The van der Waals surface area contributed by atoms with E-state index >= 15 is 0 Å². The molecule has 3 unspecified atom stereocenters. The number of carboxylic acids is 1. The maximum absolute atomic E-state index is 10.9. The minimum absolute atomic E-state index is 0.0709. The predicted octanol–water partition coefficient (Wildman–Crippen LogP) is 3.14. The summed E-state index contributed by atoms with van der Waals surface area (Å²) in [6.45, 7) is 11.3. The Morgan fingerprint density at radius 1 is 1.30 bits per heavy atom. The molecule has 1 fully saturated rings. The molecule has 0 bridgehead atoms. The van der Waals surface area contributed by atoms with Crippen LogP contribution in [0.3, 0.4) is 0 Å². The number of ether oxygens (including phenoxy) is 2. The first kappa shape index (κ1) is 19.9. The van der Waals surface area contributed by atoms with Gasteiger partial charge < -0.3 is 19.7 Å². The Bertz CT molecular complexity index is 468. The molecule has 1 heterocycles. The summed E-state index contributed by atoms with van der Waals surface area (Å²) in [4.78, 5) is 10.9. The Labute approximate surface area is 139 Å². The average molecular weight is 326 g/mol. The largest absolute Gasteiger partial charge is 0.478 e. The molecule has 0 aliphatic carbocycles. The monoisotopic (exact) mass is 326 g/mol. The molecule has 1 aliphatic rings. The molecular formula is C18H30O5. The zero-order valence-corrected chi connectivity index (χ0v) is 14.9. The Balaban J connectivity index is 2.65. The molecule has 5 nitrogen and oxygen atoms in total. The highest BCUT2D eigenvalue weighted by Crippen LogP contribution is 2.28. The van der Waals surface area contributed by atoms with Gasteiger partial charge in [-0.1, -0.05) is 25.5 Å². The van der Waals surface area contributed by atoms with Crippen LogP contribution in [0.4, 0.5) is 0 Å². The third-order valence-corrected chi connectivity index (χ3v) is 4.37. The van der Waals surface area contributed by atoms with Gasteiger partial charge >= 0.3 is 5.97 Å². The van der Waals surface area contributed by atoms with Crippen LogP contribution < -0.4 is 0 Å². The summed E-state index contributed by atoms with van der Waals surface area (Å²) in [7, 11) is 0. The van der Waals surface area contributed by atoms with Crippen LogP contribution in [0.25, 0.3) is 0 Å². The van der Waals surface area contributed by atoms with Crippen molar-refractivity contribution in [3.8, 4) is 0 Å². The molecular weight excluding hydrogens is 296 g/mol. The smallest absolute Gasteiger partial charge is 0.331 e. The van der Waals surface area contributed by atoms with Gasteiger partial charge in [-0.3, -0.25) is 0 Å². The van der Waals surface area contributed by atoms with Gasteiger partial charge in [0.05, 0.1) is 18.3 Å². The fourth-order valence-electron chi connectivity index (χ4n) is 2.62. The number of carboxylic acid groups (broad SMARTS) is 1. The van der Waals surface area contributed by atoms with Gasteiger partial charge in [0.2, 0.25) is 0 Å². The number of hydrogen-bond acceptors (Lipinski definition) is 4. The van der Waals surface area contributed by atoms with Crippen LogP contribution in [0, 0.1) is 11.8 Å². The minimum Gasteiger partial charge on any atom is -0.478 e. The lowest BCUT2D eigenvalue weighted by molar-refractivity contribution is -0.258. The molecule has 0 aromatic carbocycles. The van der Waals surface area contributed by atoms with Crippen LogP contribution in [0.1, 0.15) is 48.0 Å². The SMILES string of the molecule is CC(=C/C(C)[C@@H](C)OC1OC(C)[C@H](O)C[C@@H]1C)/C=C(\C)C(=O)O. The number of hydrogen-bond donors (Lipinski definition) is 2. The molecule has 6 atom stereocenters. The molecule has 2 N–H and O–H groups in total. The minimum atomic E-state index is -0.910. The van der Waals surface area contributed by atoms with Crippen molar-refractivity contribution in [2.24, 2.45) is 11.8 Å². The van der Waals surface area contributed by atoms with Crippen LogP contribution >= 0.6 is 0 Å². The van der Waals surface area contributed by atoms with Crippen molar-refractivity contribution in [3.05, 3.63) is 23.3 Å². The van der Waals surface area contributed by atoms with Crippen LogP contribution in [0.15, 0.2) is 23.3 Å². The van der Waals surface area contributed by atoms with Crippen molar-refractivity contribution in [2.45, 2.75) is 72.6 Å². The van der Waals surface area contributed by atoms with E-state index < -0.39 is 12.1 Å². The Kier molecular flexibility index (Phi) is 7.45. The lowest BCUT2D eigenvalue weighted by atomic mass is 9.96. The van der Waals surface area contributed by atoms with Crippen molar-refractivity contribution in [1.29, 1.82) is 0 Å². The molecule has 0 aromatic heterocycles. The molecule has 0 amide bonds. The third kappa shape index (κ3) is 6.09. The molecule has 0 aromatic rings. The second kappa shape index (κ2) is 8.62. The first-order valence-corrected chi connectivity index (χ1v) is 8.20. The summed E-state index contributed by atoms with van der Waals surface area (Å²) in [6.07, 6.45) is 3.27. The molecule has 1 saturated heterocycles. The Morgan fingerprint density at radius 3 is 2.48 bits per heavy atom. The van der Waals surface area contributed by atoms with Gasteiger partial charge in [-0.25, -0.2) is 4.79 Å². The van der Waals surface area contributed by atoms with Gasteiger partial charge in [-0.05, 0) is 40.2 Å². The fraction of sp³-hybridized carbons (Fsp3) is 0.722. The quantitative estimate of drug-likeness (QED) is 0.579. The van der Waals surface area contributed by atoms with Gasteiger partial charge in [0.15, 0.2) is 6.29 Å². The number of allylic oxidation sites excluding steroid dienone is 2. The molecule has 5 heteroatoms. The molecule has 1 aliphatic heterocycles. The molecule has 1 rings (SSSR count). The topological polar surface area (TPSA) is 76.0 Å². The van der Waals surface area contributed by atoms with Gasteiger partial charge in [-0.15, -0.1) is 0 Å². The van der Waals surface area contributed by atoms with Gasteiger partial charge in [-0.2, -0.15) is 0 Å². The van der Waals surface area contributed by atoms with E-state index in [2.05, 4.69) is 0 Å². The van der Waals surface area contributed by atoms with E-state index in [4.69, 9.17) is 14.6 Å². The number of aliphatic hydroxyl groups is 1. The van der Waals surface area contributed by atoms with Crippen LogP contribution in [0.2, 0.25) is 0 Å². The molecule has 0 saturated carbocycles. The van der Waals surface area contributed by atoms with E-state index in [0.717, 1.165) is 5.57 Å². The number of rotatable bonds is 6. The third-order valence-electron chi connectivity index (χ3n) is 4.37. The summed E-state index contributed by atoms with van der Waals surface area (Å²) >= 11 is 0. The zero-order chi connectivity index (χ0) is 17.7. The summed E-state index contributed by atoms with van der Waals surface area (Å²) in [6, 6.07) is 0. The van der Waals surface area contributed by atoms with Crippen molar-refractivity contribution in [3.63, 3.8) is 0 Å². The maximum atomic E-state index is 10.9. The number of aliphatic hydroxyl groups excluding tert-OH is 1. The summed E-state index contributed by atoms with van der Waals surface area (Å²) < 4.78 is 11.8. The lowest BCUT2D eigenvalue weighted by Gasteiger charge is -2.38. The maximum Gasteiger partial charge on any atom is 0.331 e. The fourth-order valence-corrected chi connectivity index (χ4v) is 2.62. The van der Waals surface area contributed by atoms with E-state index in [0.29, 0.717) is 12.0 Å². The highest BCUT2D eigenvalue weighted by molar-refractivity contribution is 5.86. The first-order valence-electron chi connectivity index (χ1n) is 8.20. The van der Waals surface area contributed by atoms with Crippen molar-refractivity contribution in [2.75, 3.05) is 0 Å².